The van der Waals surface area contributed by atoms with Crippen molar-refractivity contribution in [3.8, 4) is 0 Å². The summed E-state index contributed by atoms with van der Waals surface area (Å²) in [6.07, 6.45) is 0. The van der Waals surface area contributed by atoms with E-state index in [0.717, 1.165) is 55.6 Å². The Morgan fingerprint density at radius 2 is 0.558 bits per heavy atom. The van der Waals surface area contributed by atoms with E-state index in [0.29, 0.717) is 11.1 Å². The molecule has 0 amide bonds. The molecule has 8 rings (SSSR count). The van der Waals surface area contributed by atoms with Crippen molar-refractivity contribution in [3.63, 3.8) is 0 Å². The number of para-hydroxylation sites is 4. The van der Waals surface area contributed by atoms with Crippen LogP contribution in [0.3, 0.4) is 0 Å². The zero-order chi connectivity index (χ0) is 36.0. The number of hydrogen-bond acceptors (Lipinski definition) is 4. The average molecular weight is 709 g/mol. The summed E-state index contributed by atoms with van der Waals surface area (Å²) in [4.78, 5) is 33.7. The van der Waals surface area contributed by atoms with Gasteiger partial charge in [0.05, 0.1) is 0 Å². The van der Waals surface area contributed by atoms with Crippen LogP contribution in [0.1, 0.15) is 11.1 Å². The number of allylic oxidation sites excluding steroid dienone is 2. The Labute approximate surface area is 308 Å². The molecule has 254 valence electrons. The second kappa shape index (κ2) is 13.1. The number of anilines is 6. The molecule has 0 fully saturated rings. The van der Waals surface area contributed by atoms with Gasteiger partial charge in [0.25, 0.3) is 0 Å². The molecule has 6 aromatic rings. The van der Waals surface area contributed by atoms with E-state index in [9.17, 15) is 9.59 Å². The zero-order valence-electron chi connectivity index (χ0n) is 29.9. The Bertz CT molecular complexity index is 2100. The number of benzene rings is 6. The quantitative estimate of drug-likeness (QED) is 0.148. The Balaban J connectivity index is 1.22. The molecule has 0 bridgehead atoms. The van der Waals surface area contributed by atoms with Crippen molar-refractivity contribution in [1.82, 2.24) is 0 Å². The minimum absolute atomic E-state index is 0.164. The molecule has 0 spiro atoms. The molecule has 6 aromatic carbocycles. The fourth-order valence-corrected chi connectivity index (χ4v) is 13.9. The van der Waals surface area contributed by atoms with Gasteiger partial charge in [0.1, 0.15) is 10.8 Å². The minimum Gasteiger partial charge on any atom is -0.311 e. The number of carbonyl (C=O) groups excluding carboxylic acids is 2. The molecule has 0 aliphatic carbocycles. The van der Waals surface area contributed by atoms with Crippen LogP contribution in [0.4, 0.5) is 34.1 Å². The van der Waals surface area contributed by atoms with Crippen LogP contribution in [0.5, 0.6) is 0 Å². The maximum absolute atomic E-state index is 14.6. The van der Waals surface area contributed by atoms with Gasteiger partial charge in [-0.05, 0) is 94.3 Å². The van der Waals surface area contributed by atoms with Crippen LogP contribution in [-0.4, -0.2) is 27.0 Å². The molecular formula is C46H40N2O2Si2. The van der Waals surface area contributed by atoms with Gasteiger partial charge >= 0.3 is 0 Å². The molecule has 0 aromatic heterocycles. The Kier molecular flexibility index (Phi) is 8.37. The molecule has 52 heavy (non-hydrogen) atoms. The summed E-state index contributed by atoms with van der Waals surface area (Å²) in [5.41, 5.74) is 9.57. The van der Waals surface area contributed by atoms with Crippen molar-refractivity contribution >= 4 is 71.5 Å². The minimum atomic E-state index is -2.72. The fraction of sp³-hybridized carbons (Fsp3) is 0.0870. The molecular weight excluding hydrogens is 669 g/mol. The van der Waals surface area contributed by atoms with E-state index in [1.165, 1.54) is 0 Å². The monoisotopic (exact) mass is 708 g/mol. The summed E-state index contributed by atoms with van der Waals surface area (Å²) in [6, 6.07) is 58.2. The van der Waals surface area contributed by atoms with Gasteiger partial charge in [0.2, 0.25) is 0 Å². The van der Waals surface area contributed by atoms with Crippen LogP contribution in [0.15, 0.2) is 181 Å². The molecule has 0 atom stereocenters. The van der Waals surface area contributed by atoms with E-state index in [1.807, 2.05) is 72.8 Å². The summed E-state index contributed by atoms with van der Waals surface area (Å²) in [5.74, 6) is 0. The van der Waals surface area contributed by atoms with Crippen molar-refractivity contribution in [2.75, 3.05) is 9.80 Å². The van der Waals surface area contributed by atoms with Gasteiger partial charge in [-0.3, -0.25) is 9.59 Å². The van der Waals surface area contributed by atoms with E-state index in [2.05, 4.69) is 133 Å². The van der Waals surface area contributed by atoms with E-state index < -0.39 is 16.1 Å². The van der Waals surface area contributed by atoms with Crippen LogP contribution in [0.2, 0.25) is 26.2 Å². The first-order valence-electron chi connectivity index (χ1n) is 17.8. The number of nitrogens with zero attached hydrogens (tertiary/aromatic N) is 2. The zero-order valence-corrected chi connectivity index (χ0v) is 31.9. The second-order valence-corrected chi connectivity index (χ2v) is 22.9. The maximum Gasteiger partial charge on any atom is 0.165 e. The van der Waals surface area contributed by atoms with Gasteiger partial charge in [-0.15, -0.1) is 0 Å². The summed E-state index contributed by atoms with van der Waals surface area (Å²) in [6.45, 7) is 8.43. The first-order valence-corrected chi connectivity index (χ1v) is 23.8. The smallest absolute Gasteiger partial charge is 0.165 e. The van der Waals surface area contributed by atoms with Crippen LogP contribution in [0.25, 0.3) is 10.4 Å². The SMILES string of the molecule is C[Si]1(C)C(=O)C2=C(c3ccc(N(c4ccccc4)c4ccccc4)cc3)[Si](C)(C)C(=O)C2=C1c1ccc(N(c2ccccc2)c2ccccc2)cc1. The van der Waals surface area contributed by atoms with Crippen molar-refractivity contribution in [3.05, 3.63) is 192 Å². The first-order chi connectivity index (χ1) is 25.2. The Hall–Kier alpha value is -5.83. The van der Waals surface area contributed by atoms with E-state index in [4.69, 9.17) is 0 Å². The van der Waals surface area contributed by atoms with Crippen LogP contribution >= 0.6 is 0 Å². The summed E-state index contributed by atoms with van der Waals surface area (Å²) < 4.78 is 0. The molecule has 0 N–H and O–H groups in total. The van der Waals surface area contributed by atoms with Gasteiger partial charge in [-0.1, -0.05) is 123 Å². The third kappa shape index (κ3) is 5.52. The molecule has 2 aliphatic rings. The number of carbonyl (C=O) groups is 2. The lowest BCUT2D eigenvalue weighted by atomic mass is 10.0. The van der Waals surface area contributed by atoms with Crippen LogP contribution in [0, 0.1) is 0 Å². The molecule has 0 radical (unpaired) electrons. The molecule has 2 aliphatic heterocycles. The number of hydrogen-bond donors (Lipinski definition) is 0. The second-order valence-electron chi connectivity index (χ2n) is 14.5. The lowest BCUT2D eigenvalue weighted by molar-refractivity contribution is -0.111. The summed E-state index contributed by atoms with van der Waals surface area (Å²) in [5, 5.41) is 2.28. The highest BCUT2D eigenvalue weighted by Gasteiger charge is 2.58. The lowest BCUT2D eigenvalue weighted by Crippen LogP contribution is -2.40. The predicted molar refractivity (Wildman–Crippen MR) is 221 cm³/mol. The van der Waals surface area contributed by atoms with Crippen molar-refractivity contribution in [2.24, 2.45) is 0 Å². The summed E-state index contributed by atoms with van der Waals surface area (Å²) in [7, 11) is -5.43. The van der Waals surface area contributed by atoms with E-state index >= 15 is 0 Å². The third-order valence-electron chi connectivity index (χ3n) is 10.5. The predicted octanol–water partition coefficient (Wildman–Crippen LogP) is 11.6. The van der Waals surface area contributed by atoms with Crippen molar-refractivity contribution in [1.29, 1.82) is 0 Å². The number of rotatable bonds is 8. The van der Waals surface area contributed by atoms with Gasteiger partial charge in [0.15, 0.2) is 16.1 Å². The normalized spacial score (nSPS) is 15.9. The van der Waals surface area contributed by atoms with Crippen molar-refractivity contribution < 1.29 is 9.59 Å². The van der Waals surface area contributed by atoms with Crippen LogP contribution in [-0.2, 0) is 9.59 Å². The van der Waals surface area contributed by atoms with Gasteiger partial charge in [-0.2, -0.15) is 0 Å². The van der Waals surface area contributed by atoms with Gasteiger partial charge in [0, 0.05) is 45.3 Å². The lowest BCUT2D eigenvalue weighted by Gasteiger charge is -2.27. The molecule has 2 heterocycles. The highest BCUT2D eigenvalue weighted by Crippen LogP contribution is 2.52. The maximum atomic E-state index is 14.6. The third-order valence-corrected chi connectivity index (χ3v) is 16.8. The van der Waals surface area contributed by atoms with E-state index in [-0.39, 0.29) is 10.8 Å². The van der Waals surface area contributed by atoms with E-state index in [1.54, 1.807) is 0 Å². The number of fused-ring (bicyclic) bond motifs is 1. The molecule has 0 saturated heterocycles. The topological polar surface area (TPSA) is 40.6 Å². The Morgan fingerprint density at radius 1 is 0.327 bits per heavy atom. The fourth-order valence-electron chi connectivity index (χ4n) is 7.95. The highest BCUT2D eigenvalue weighted by molar-refractivity contribution is 7.28. The first kappa shape index (κ1) is 33.3. The molecule has 0 saturated carbocycles. The van der Waals surface area contributed by atoms with Gasteiger partial charge < -0.3 is 9.80 Å². The van der Waals surface area contributed by atoms with Gasteiger partial charge in [-0.25, -0.2) is 0 Å². The van der Waals surface area contributed by atoms with Crippen molar-refractivity contribution in [2.45, 2.75) is 26.2 Å². The molecule has 6 heteroatoms. The standard InChI is InChI=1S/C46H40N2O2Si2/c1-51(2)43(33-25-29-39(30-26-33)47(35-17-9-5-10-18-35)36-19-11-6-12-20-36)41-42(45(51)49)44(52(3,4)46(41)50)34-27-31-40(32-28-34)48(37-21-13-7-14-22-37)38-23-15-8-16-24-38/h5-32H,1-4H3. The molecule has 4 nitrogen and oxygen atoms in total. The largest absolute Gasteiger partial charge is 0.311 e. The van der Waals surface area contributed by atoms with Crippen LogP contribution < -0.4 is 9.80 Å². The highest BCUT2D eigenvalue weighted by atomic mass is 28.3. The Morgan fingerprint density at radius 3 is 0.808 bits per heavy atom. The molecule has 0 unspecified atom stereocenters. The average Bonchev–Trinajstić information content (AvgIpc) is 3.50. The summed E-state index contributed by atoms with van der Waals surface area (Å²) >= 11 is 0.